The van der Waals surface area contributed by atoms with Crippen LogP contribution in [0, 0.1) is 6.92 Å². The maximum absolute atomic E-state index is 12.5. The predicted octanol–water partition coefficient (Wildman–Crippen LogP) is 3.87. The Bertz CT molecular complexity index is 842. The van der Waals surface area contributed by atoms with E-state index in [4.69, 9.17) is 4.74 Å². The van der Waals surface area contributed by atoms with Crippen LogP contribution in [0.1, 0.15) is 53.0 Å². The largest absolute Gasteiger partial charge is 0.507 e. The molecule has 6 heteroatoms. The minimum absolute atomic E-state index is 0.0173. The normalized spacial score (nSPS) is 11.5. The van der Waals surface area contributed by atoms with Crippen LogP contribution >= 0.6 is 0 Å². The Morgan fingerprint density at radius 2 is 1.78 bits per heavy atom. The SMILES string of the molecule is CCCC(=O)Nc1ccc(C(=O)C(C)OC(=O)c2cc(C)ccc2O)cc1. The standard InChI is InChI=1S/C21H23NO5/c1-4-5-19(24)22-16-9-7-15(8-10-16)20(25)14(3)27-21(26)17-12-13(2)6-11-18(17)23/h6-12,14,23H,4-5H2,1-3H3,(H,22,24). The fourth-order valence-electron chi connectivity index (χ4n) is 2.49. The lowest BCUT2D eigenvalue weighted by Crippen LogP contribution is -2.24. The number of hydrogen-bond acceptors (Lipinski definition) is 5. The summed E-state index contributed by atoms with van der Waals surface area (Å²) < 4.78 is 5.20. The highest BCUT2D eigenvalue weighted by molar-refractivity contribution is 6.02. The van der Waals surface area contributed by atoms with Gasteiger partial charge in [-0.05, 0) is 56.7 Å². The molecule has 0 spiro atoms. The van der Waals surface area contributed by atoms with E-state index in [0.717, 1.165) is 12.0 Å². The zero-order chi connectivity index (χ0) is 20.0. The molecule has 0 saturated carbocycles. The van der Waals surface area contributed by atoms with Crippen LogP contribution in [0.3, 0.4) is 0 Å². The van der Waals surface area contributed by atoms with Gasteiger partial charge in [-0.1, -0.05) is 18.6 Å². The molecular weight excluding hydrogens is 346 g/mol. The molecule has 27 heavy (non-hydrogen) atoms. The number of aromatic hydroxyl groups is 1. The maximum atomic E-state index is 12.5. The highest BCUT2D eigenvalue weighted by Gasteiger charge is 2.22. The molecule has 0 aliphatic carbocycles. The van der Waals surface area contributed by atoms with Crippen molar-refractivity contribution >= 4 is 23.3 Å². The fraction of sp³-hybridized carbons (Fsp3) is 0.286. The Kier molecular flexibility index (Phi) is 6.71. The topological polar surface area (TPSA) is 92.7 Å². The van der Waals surface area contributed by atoms with Crippen molar-refractivity contribution in [3.05, 3.63) is 59.2 Å². The van der Waals surface area contributed by atoms with Gasteiger partial charge in [-0.15, -0.1) is 0 Å². The van der Waals surface area contributed by atoms with Crippen molar-refractivity contribution in [3.63, 3.8) is 0 Å². The Labute approximate surface area is 158 Å². The Morgan fingerprint density at radius 3 is 2.41 bits per heavy atom. The van der Waals surface area contributed by atoms with Crippen molar-refractivity contribution in [2.24, 2.45) is 0 Å². The van der Waals surface area contributed by atoms with Gasteiger partial charge in [-0.3, -0.25) is 9.59 Å². The number of carbonyl (C=O) groups excluding carboxylic acids is 3. The van der Waals surface area contributed by atoms with Crippen LogP contribution in [0.15, 0.2) is 42.5 Å². The summed E-state index contributed by atoms with van der Waals surface area (Å²) in [6, 6.07) is 11.0. The number of ether oxygens (including phenoxy) is 1. The van der Waals surface area contributed by atoms with Crippen molar-refractivity contribution in [2.75, 3.05) is 5.32 Å². The average molecular weight is 369 g/mol. The monoisotopic (exact) mass is 369 g/mol. The lowest BCUT2D eigenvalue weighted by atomic mass is 10.1. The van der Waals surface area contributed by atoms with Crippen LogP contribution in [-0.2, 0) is 9.53 Å². The predicted molar refractivity (Wildman–Crippen MR) is 102 cm³/mol. The summed E-state index contributed by atoms with van der Waals surface area (Å²) in [4.78, 5) is 36.3. The lowest BCUT2D eigenvalue weighted by molar-refractivity contribution is -0.116. The summed E-state index contributed by atoms with van der Waals surface area (Å²) in [5, 5.41) is 12.5. The molecule has 0 heterocycles. The van der Waals surface area contributed by atoms with Gasteiger partial charge in [0.2, 0.25) is 11.7 Å². The Balaban J connectivity index is 2.03. The summed E-state index contributed by atoms with van der Waals surface area (Å²) >= 11 is 0. The van der Waals surface area contributed by atoms with Gasteiger partial charge < -0.3 is 15.2 Å². The van der Waals surface area contributed by atoms with Crippen LogP contribution in [0.2, 0.25) is 0 Å². The van der Waals surface area contributed by atoms with Crippen molar-refractivity contribution < 1.29 is 24.2 Å². The zero-order valence-corrected chi connectivity index (χ0v) is 15.6. The molecule has 0 aromatic heterocycles. The summed E-state index contributed by atoms with van der Waals surface area (Å²) in [5.74, 6) is -1.42. The van der Waals surface area contributed by atoms with Gasteiger partial charge in [-0.25, -0.2) is 4.79 Å². The van der Waals surface area contributed by atoms with Crippen molar-refractivity contribution in [1.29, 1.82) is 0 Å². The van der Waals surface area contributed by atoms with E-state index < -0.39 is 12.1 Å². The second-order valence-corrected chi connectivity index (χ2v) is 6.31. The van der Waals surface area contributed by atoms with Crippen molar-refractivity contribution in [2.45, 2.75) is 39.7 Å². The van der Waals surface area contributed by atoms with Crippen molar-refractivity contribution in [3.8, 4) is 5.75 Å². The first kappa shape index (κ1) is 20.2. The molecule has 2 aromatic rings. The highest BCUT2D eigenvalue weighted by Crippen LogP contribution is 2.20. The molecule has 1 atom stereocenters. The number of amides is 1. The summed E-state index contributed by atoms with van der Waals surface area (Å²) in [6.07, 6.45) is 0.166. The van der Waals surface area contributed by atoms with Crippen LogP contribution in [0.4, 0.5) is 5.69 Å². The summed E-state index contributed by atoms with van der Waals surface area (Å²) in [6.45, 7) is 5.18. The van der Waals surface area contributed by atoms with E-state index >= 15 is 0 Å². The molecular formula is C21H23NO5. The fourth-order valence-corrected chi connectivity index (χ4v) is 2.49. The minimum atomic E-state index is -1.02. The zero-order valence-electron chi connectivity index (χ0n) is 15.6. The summed E-state index contributed by atoms with van der Waals surface area (Å²) in [7, 11) is 0. The first-order chi connectivity index (χ1) is 12.8. The number of phenolic OH excluding ortho intramolecular Hbond substituents is 1. The van der Waals surface area contributed by atoms with Gasteiger partial charge in [0.1, 0.15) is 11.3 Å². The van der Waals surface area contributed by atoms with Crippen LogP contribution < -0.4 is 5.32 Å². The van der Waals surface area contributed by atoms with Gasteiger partial charge in [0.15, 0.2) is 6.10 Å². The number of carbonyl (C=O) groups is 3. The third-order valence-corrected chi connectivity index (χ3v) is 3.96. The van der Waals surface area contributed by atoms with E-state index in [-0.39, 0.29) is 23.0 Å². The molecule has 0 radical (unpaired) electrons. The Hall–Kier alpha value is -3.15. The molecule has 0 aliphatic heterocycles. The van der Waals surface area contributed by atoms with Crippen LogP contribution in [-0.4, -0.2) is 28.9 Å². The van der Waals surface area contributed by atoms with Gasteiger partial charge >= 0.3 is 5.97 Å². The molecule has 2 aromatic carbocycles. The number of anilines is 1. The molecule has 0 bridgehead atoms. The number of nitrogens with one attached hydrogen (secondary N) is 1. The highest BCUT2D eigenvalue weighted by atomic mass is 16.5. The average Bonchev–Trinajstić information content (AvgIpc) is 2.63. The second kappa shape index (κ2) is 8.98. The van der Waals surface area contributed by atoms with Crippen LogP contribution in [0.5, 0.6) is 5.75 Å². The molecule has 0 fully saturated rings. The van der Waals surface area contributed by atoms with E-state index in [9.17, 15) is 19.5 Å². The molecule has 6 nitrogen and oxygen atoms in total. The first-order valence-corrected chi connectivity index (χ1v) is 8.76. The number of phenols is 1. The van der Waals surface area contributed by atoms with Gasteiger partial charge in [0.25, 0.3) is 0 Å². The second-order valence-electron chi connectivity index (χ2n) is 6.31. The first-order valence-electron chi connectivity index (χ1n) is 8.76. The number of benzene rings is 2. The van der Waals surface area contributed by atoms with Gasteiger partial charge in [0, 0.05) is 17.7 Å². The van der Waals surface area contributed by atoms with E-state index in [1.165, 1.54) is 19.1 Å². The van der Waals surface area contributed by atoms with E-state index in [1.54, 1.807) is 37.3 Å². The molecule has 1 unspecified atom stereocenters. The maximum Gasteiger partial charge on any atom is 0.342 e. The quantitative estimate of drug-likeness (QED) is 0.571. The molecule has 142 valence electrons. The molecule has 2 N–H and O–H groups in total. The molecule has 1 amide bonds. The number of aryl methyl sites for hydroxylation is 1. The van der Waals surface area contributed by atoms with Crippen molar-refractivity contribution in [1.82, 2.24) is 0 Å². The lowest BCUT2D eigenvalue weighted by Gasteiger charge is -2.14. The summed E-state index contributed by atoms with van der Waals surface area (Å²) in [5.41, 5.74) is 1.76. The van der Waals surface area contributed by atoms with E-state index in [2.05, 4.69) is 5.32 Å². The molecule has 2 rings (SSSR count). The number of esters is 1. The molecule has 0 aliphatic rings. The van der Waals surface area contributed by atoms with Gasteiger partial charge in [0.05, 0.1) is 0 Å². The number of hydrogen-bond donors (Lipinski definition) is 2. The smallest absolute Gasteiger partial charge is 0.342 e. The minimum Gasteiger partial charge on any atom is -0.507 e. The van der Waals surface area contributed by atoms with Gasteiger partial charge in [-0.2, -0.15) is 0 Å². The number of rotatable bonds is 7. The van der Waals surface area contributed by atoms with E-state index in [0.29, 0.717) is 17.7 Å². The Morgan fingerprint density at radius 1 is 1.11 bits per heavy atom. The van der Waals surface area contributed by atoms with E-state index in [1.807, 2.05) is 6.92 Å². The van der Waals surface area contributed by atoms with Crippen LogP contribution in [0.25, 0.3) is 0 Å². The number of Topliss-reactive ketones (excluding diaryl/α,β-unsaturated/α-hetero) is 1. The molecule has 0 saturated heterocycles. The number of ketones is 1. The third-order valence-electron chi connectivity index (χ3n) is 3.96. The third kappa shape index (κ3) is 5.41.